The Morgan fingerprint density at radius 1 is 0.625 bits per heavy atom. The number of aromatic amines is 2. The van der Waals surface area contributed by atoms with Gasteiger partial charge in [-0.2, -0.15) is 0 Å². The van der Waals surface area contributed by atoms with E-state index >= 15 is 0 Å². The van der Waals surface area contributed by atoms with Gasteiger partial charge in [0, 0.05) is 8.95 Å². The fourth-order valence-corrected chi connectivity index (χ4v) is 2.68. The van der Waals surface area contributed by atoms with Crippen LogP contribution in [0.15, 0.2) is 67.1 Å². The molecule has 3 rings (SSSR count). The van der Waals surface area contributed by atoms with Crippen molar-refractivity contribution in [1.82, 2.24) is 9.97 Å². The monoisotopic (exact) mass is 446 g/mol. The van der Waals surface area contributed by atoms with Crippen molar-refractivity contribution in [3.8, 4) is 0 Å². The Hall–Kier alpha value is -2.18. The van der Waals surface area contributed by atoms with Crippen molar-refractivity contribution in [3.63, 3.8) is 0 Å². The first kappa shape index (κ1) is 16.7. The van der Waals surface area contributed by atoms with Crippen LogP contribution in [0, 0.1) is 0 Å². The second kappa shape index (κ2) is 7.15. The van der Waals surface area contributed by atoms with Gasteiger partial charge in [0.05, 0.1) is 0 Å². The Bertz CT molecular complexity index is 1000. The van der Waals surface area contributed by atoms with Gasteiger partial charge in [-0.1, -0.05) is 56.1 Å². The van der Waals surface area contributed by atoms with Crippen molar-refractivity contribution in [1.29, 1.82) is 0 Å². The van der Waals surface area contributed by atoms with Gasteiger partial charge in [0.15, 0.2) is 0 Å². The first-order chi connectivity index (χ1) is 11.5. The number of hydrogen-bond donors (Lipinski definition) is 2. The van der Waals surface area contributed by atoms with E-state index in [4.69, 9.17) is 0 Å². The lowest BCUT2D eigenvalue weighted by Gasteiger charge is -1.95. The zero-order valence-corrected chi connectivity index (χ0v) is 15.5. The van der Waals surface area contributed by atoms with Crippen molar-refractivity contribution in [2.75, 3.05) is 0 Å². The van der Waals surface area contributed by atoms with Crippen LogP contribution in [0.5, 0.6) is 0 Å². The first-order valence-corrected chi connectivity index (χ1v) is 8.67. The summed E-state index contributed by atoms with van der Waals surface area (Å²) >= 11 is 6.71. The van der Waals surface area contributed by atoms with Crippen LogP contribution in [0.4, 0.5) is 0 Å². The Balaban J connectivity index is 2.09. The largest absolute Gasteiger partial charge is 0.316 e. The molecule has 4 nitrogen and oxygen atoms in total. The minimum absolute atomic E-state index is 0.218. The molecule has 2 aromatic carbocycles. The SMILES string of the molecule is O=c1[nH]/c(=C\c2ccc(Br)cc2)c(=O)[nH]/c1=C\c1ccc(Br)cc1. The maximum atomic E-state index is 12.2. The number of rotatable bonds is 2. The van der Waals surface area contributed by atoms with E-state index in [1.54, 1.807) is 12.2 Å². The van der Waals surface area contributed by atoms with E-state index in [1.165, 1.54) is 0 Å². The average molecular weight is 448 g/mol. The van der Waals surface area contributed by atoms with E-state index in [1.807, 2.05) is 48.5 Å². The molecule has 6 heteroatoms. The lowest BCUT2D eigenvalue weighted by Crippen LogP contribution is -2.46. The molecule has 0 aliphatic rings. The van der Waals surface area contributed by atoms with E-state index in [0.29, 0.717) is 0 Å². The molecule has 1 heterocycles. The topological polar surface area (TPSA) is 65.7 Å². The van der Waals surface area contributed by atoms with Crippen LogP contribution >= 0.6 is 31.9 Å². The second-order valence-electron chi connectivity index (χ2n) is 5.13. The van der Waals surface area contributed by atoms with E-state index in [-0.39, 0.29) is 21.8 Å². The normalized spacial score (nSPS) is 12.6. The van der Waals surface area contributed by atoms with Gasteiger partial charge in [-0.05, 0) is 47.5 Å². The number of benzene rings is 2. The van der Waals surface area contributed by atoms with Gasteiger partial charge in [0.1, 0.15) is 10.7 Å². The van der Waals surface area contributed by atoms with Gasteiger partial charge in [0.2, 0.25) is 0 Å². The average Bonchev–Trinajstić information content (AvgIpc) is 2.56. The standard InChI is InChI=1S/C18H12Br2N2O2/c19-13-5-1-11(2-6-13)9-15-17(23)22-16(18(24)21-15)10-12-3-7-14(20)8-4-12/h1-10H,(H,21,24)(H,22,23)/b15-9-,16-10-. The lowest BCUT2D eigenvalue weighted by atomic mass is 10.2. The molecule has 0 amide bonds. The van der Waals surface area contributed by atoms with Crippen LogP contribution in [-0.4, -0.2) is 9.97 Å². The molecular weight excluding hydrogens is 436 g/mol. The van der Waals surface area contributed by atoms with Crippen molar-refractivity contribution < 1.29 is 0 Å². The summed E-state index contributed by atoms with van der Waals surface area (Å²) < 4.78 is 1.89. The molecule has 0 bridgehead atoms. The Morgan fingerprint density at radius 2 is 0.958 bits per heavy atom. The molecule has 0 fully saturated rings. The second-order valence-corrected chi connectivity index (χ2v) is 6.96. The first-order valence-electron chi connectivity index (χ1n) is 7.08. The van der Waals surface area contributed by atoms with Crippen LogP contribution in [0.3, 0.4) is 0 Å². The summed E-state index contributed by atoms with van der Waals surface area (Å²) in [5.74, 6) is 0. The smallest absolute Gasteiger partial charge is 0.272 e. The summed E-state index contributed by atoms with van der Waals surface area (Å²) in [6, 6.07) is 14.9. The summed E-state index contributed by atoms with van der Waals surface area (Å²) in [7, 11) is 0. The summed E-state index contributed by atoms with van der Waals surface area (Å²) in [5, 5.41) is 0.436. The van der Waals surface area contributed by atoms with Crippen molar-refractivity contribution >= 4 is 44.0 Å². The molecule has 24 heavy (non-hydrogen) atoms. The maximum absolute atomic E-state index is 12.2. The van der Waals surface area contributed by atoms with Crippen LogP contribution in [0.25, 0.3) is 12.2 Å². The molecule has 0 saturated carbocycles. The number of halogens is 2. The van der Waals surface area contributed by atoms with E-state index in [9.17, 15) is 9.59 Å². The minimum Gasteiger partial charge on any atom is -0.316 e. The zero-order chi connectivity index (χ0) is 17.1. The molecule has 0 radical (unpaired) electrons. The molecule has 0 aliphatic heterocycles. The quantitative estimate of drug-likeness (QED) is 0.632. The minimum atomic E-state index is -0.346. The van der Waals surface area contributed by atoms with Gasteiger partial charge >= 0.3 is 0 Å². The van der Waals surface area contributed by atoms with Gasteiger partial charge in [-0.3, -0.25) is 9.59 Å². The fourth-order valence-electron chi connectivity index (χ4n) is 2.15. The molecule has 0 unspecified atom stereocenters. The van der Waals surface area contributed by atoms with Gasteiger partial charge < -0.3 is 9.97 Å². The molecule has 1 aromatic heterocycles. The molecule has 0 atom stereocenters. The Kier molecular flexibility index (Phi) is 4.97. The number of nitrogens with one attached hydrogen (secondary N) is 2. The van der Waals surface area contributed by atoms with Crippen LogP contribution in [0.1, 0.15) is 11.1 Å². The molecule has 0 saturated heterocycles. The van der Waals surface area contributed by atoms with Crippen molar-refractivity contribution in [2.24, 2.45) is 0 Å². The highest BCUT2D eigenvalue weighted by atomic mass is 79.9. The van der Waals surface area contributed by atoms with Crippen LogP contribution in [-0.2, 0) is 0 Å². The molecule has 0 aliphatic carbocycles. The number of aromatic nitrogens is 2. The van der Waals surface area contributed by atoms with Gasteiger partial charge in [-0.25, -0.2) is 0 Å². The predicted molar refractivity (Wildman–Crippen MR) is 102 cm³/mol. The number of H-pyrrole nitrogens is 2. The molecule has 3 aromatic rings. The summed E-state index contributed by atoms with van der Waals surface area (Å²) in [5.41, 5.74) is 0.953. The maximum Gasteiger partial charge on any atom is 0.272 e. The van der Waals surface area contributed by atoms with Gasteiger partial charge in [0.25, 0.3) is 11.1 Å². The van der Waals surface area contributed by atoms with E-state index in [2.05, 4.69) is 41.8 Å². The highest BCUT2D eigenvalue weighted by Gasteiger charge is 1.97. The summed E-state index contributed by atoms with van der Waals surface area (Å²) in [6.45, 7) is 0. The van der Waals surface area contributed by atoms with Crippen LogP contribution in [0.2, 0.25) is 0 Å². The summed E-state index contributed by atoms with van der Waals surface area (Å²) in [6.07, 6.45) is 3.27. The third kappa shape index (κ3) is 4.01. The van der Waals surface area contributed by atoms with E-state index in [0.717, 1.165) is 20.1 Å². The Morgan fingerprint density at radius 3 is 1.29 bits per heavy atom. The summed E-state index contributed by atoms with van der Waals surface area (Å²) in [4.78, 5) is 29.7. The molecule has 120 valence electrons. The van der Waals surface area contributed by atoms with Crippen LogP contribution < -0.4 is 21.8 Å². The highest BCUT2D eigenvalue weighted by molar-refractivity contribution is 9.10. The Labute approximate surface area is 153 Å². The molecule has 0 spiro atoms. The third-order valence-corrected chi connectivity index (χ3v) is 4.41. The van der Waals surface area contributed by atoms with E-state index < -0.39 is 0 Å². The molecular formula is C18H12Br2N2O2. The molecule has 2 N–H and O–H groups in total. The fraction of sp³-hybridized carbons (Fsp3) is 0. The van der Waals surface area contributed by atoms with Crippen molar-refractivity contribution in [2.45, 2.75) is 0 Å². The van der Waals surface area contributed by atoms with Gasteiger partial charge in [-0.15, -0.1) is 0 Å². The number of hydrogen-bond acceptors (Lipinski definition) is 2. The zero-order valence-electron chi connectivity index (χ0n) is 12.3. The highest BCUT2D eigenvalue weighted by Crippen LogP contribution is 2.11. The predicted octanol–water partition coefficient (Wildman–Crippen LogP) is 2.25. The third-order valence-electron chi connectivity index (χ3n) is 3.35. The lowest BCUT2D eigenvalue weighted by molar-refractivity contribution is 1.00. The van der Waals surface area contributed by atoms with Crippen molar-refractivity contribution in [3.05, 3.63) is 100 Å².